The zero-order valence-corrected chi connectivity index (χ0v) is 17.5. The fourth-order valence-corrected chi connectivity index (χ4v) is 4.78. The molecule has 0 amide bonds. The number of hydrogen-bond donors (Lipinski definition) is 2. The highest BCUT2D eigenvalue weighted by Crippen LogP contribution is 2.24. The van der Waals surface area contributed by atoms with Gasteiger partial charge >= 0.3 is 0 Å². The quantitative estimate of drug-likeness (QED) is 0.366. The van der Waals surface area contributed by atoms with Gasteiger partial charge in [0.25, 0.3) is 31.4 Å². The molecule has 3 aromatic carbocycles. The molecule has 3 rings (SSSR count). The van der Waals surface area contributed by atoms with Crippen LogP contribution in [0.1, 0.15) is 0 Å². The minimum atomic E-state index is -4.20. The Hall–Kier alpha value is -4.04. The molecule has 0 atom stereocenters. The first kappa shape index (κ1) is 22.6. The summed E-state index contributed by atoms with van der Waals surface area (Å²) in [5, 5.41) is 21.8. The van der Waals surface area contributed by atoms with E-state index in [-0.39, 0.29) is 21.2 Å². The second-order valence-corrected chi connectivity index (χ2v) is 9.67. The molecular formula is C18H14N4O8S2. The number of nitrogens with zero attached hydrogens (tertiary/aromatic N) is 2. The van der Waals surface area contributed by atoms with E-state index in [0.717, 1.165) is 24.3 Å². The highest BCUT2D eigenvalue weighted by molar-refractivity contribution is 7.93. The highest BCUT2D eigenvalue weighted by atomic mass is 32.2. The number of anilines is 2. The maximum Gasteiger partial charge on any atom is 0.270 e. The predicted octanol–water partition coefficient (Wildman–Crippen LogP) is 3.10. The number of sulfonamides is 2. The molecule has 3 aromatic rings. The van der Waals surface area contributed by atoms with Crippen LogP contribution in [0.2, 0.25) is 0 Å². The molecule has 0 aliphatic heterocycles. The van der Waals surface area contributed by atoms with E-state index in [9.17, 15) is 37.1 Å². The van der Waals surface area contributed by atoms with Gasteiger partial charge in [-0.15, -0.1) is 0 Å². The first-order chi connectivity index (χ1) is 15.0. The van der Waals surface area contributed by atoms with E-state index < -0.39 is 41.3 Å². The lowest BCUT2D eigenvalue weighted by Crippen LogP contribution is -2.15. The standard InChI is InChI=1S/C18H14N4O8S2/c23-21(24)15-6-2-8-17(11-15)31(27,28)19-13-4-1-5-14(10-13)20-32(29,30)18-9-3-7-16(12-18)22(25)26/h1-12,19-20H. The van der Waals surface area contributed by atoms with Gasteiger partial charge in [0.1, 0.15) is 0 Å². The van der Waals surface area contributed by atoms with E-state index in [1.54, 1.807) is 0 Å². The molecule has 0 heterocycles. The van der Waals surface area contributed by atoms with Crippen molar-refractivity contribution in [3.8, 4) is 0 Å². The molecule has 0 fully saturated rings. The summed E-state index contributed by atoms with van der Waals surface area (Å²) >= 11 is 0. The van der Waals surface area contributed by atoms with Crippen molar-refractivity contribution in [2.75, 3.05) is 9.44 Å². The molecule has 14 heteroatoms. The predicted molar refractivity (Wildman–Crippen MR) is 114 cm³/mol. The number of non-ortho nitro benzene ring substituents is 2. The Morgan fingerprint density at radius 3 is 1.34 bits per heavy atom. The molecule has 2 N–H and O–H groups in total. The second kappa shape index (κ2) is 8.60. The summed E-state index contributed by atoms with van der Waals surface area (Å²) in [6, 6.07) is 14.1. The summed E-state index contributed by atoms with van der Waals surface area (Å²) in [5.41, 5.74) is -0.857. The molecule has 12 nitrogen and oxygen atoms in total. The van der Waals surface area contributed by atoms with Crippen LogP contribution in [-0.2, 0) is 20.0 Å². The minimum Gasteiger partial charge on any atom is -0.280 e. The van der Waals surface area contributed by atoms with Crippen LogP contribution in [-0.4, -0.2) is 26.7 Å². The Balaban J connectivity index is 1.85. The summed E-state index contributed by atoms with van der Waals surface area (Å²) in [6.45, 7) is 0. The number of nitrogens with one attached hydrogen (secondary N) is 2. The van der Waals surface area contributed by atoms with Crippen LogP contribution in [0.4, 0.5) is 22.7 Å². The highest BCUT2D eigenvalue weighted by Gasteiger charge is 2.20. The van der Waals surface area contributed by atoms with E-state index in [1.165, 1.54) is 48.5 Å². The van der Waals surface area contributed by atoms with Crippen molar-refractivity contribution in [3.05, 3.63) is 93.0 Å². The molecule has 166 valence electrons. The van der Waals surface area contributed by atoms with Crippen LogP contribution in [0.25, 0.3) is 0 Å². The zero-order chi connectivity index (χ0) is 23.5. The summed E-state index contributed by atoms with van der Waals surface area (Å²) < 4.78 is 54.7. The number of benzene rings is 3. The van der Waals surface area contributed by atoms with Crippen molar-refractivity contribution in [2.24, 2.45) is 0 Å². The van der Waals surface area contributed by atoms with Gasteiger partial charge in [0.2, 0.25) is 0 Å². The van der Waals surface area contributed by atoms with E-state index in [2.05, 4.69) is 9.44 Å². The molecule has 0 radical (unpaired) electrons. The molecule has 0 aromatic heterocycles. The normalized spacial score (nSPS) is 11.5. The van der Waals surface area contributed by atoms with Crippen LogP contribution in [0.3, 0.4) is 0 Å². The molecule has 0 aliphatic carbocycles. The number of hydrogen-bond acceptors (Lipinski definition) is 8. The smallest absolute Gasteiger partial charge is 0.270 e. The third-order valence-corrected chi connectivity index (χ3v) is 6.80. The van der Waals surface area contributed by atoms with Crippen LogP contribution >= 0.6 is 0 Å². The lowest BCUT2D eigenvalue weighted by Gasteiger charge is -2.11. The van der Waals surface area contributed by atoms with Gasteiger partial charge in [-0.05, 0) is 30.3 Å². The average molecular weight is 478 g/mol. The van der Waals surface area contributed by atoms with Crippen molar-refractivity contribution < 1.29 is 26.7 Å². The average Bonchev–Trinajstić information content (AvgIpc) is 2.73. The third kappa shape index (κ3) is 5.16. The summed E-state index contributed by atoms with van der Waals surface area (Å²) in [6.07, 6.45) is 0. The van der Waals surface area contributed by atoms with Crippen LogP contribution < -0.4 is 9.44 Å². The van der Waals surface area contributed by atoms with Crippen molar-refractivity contribution in [1.82, 2.24) is 0 Å². The molecule has 32 heavy (non-hydrogen) atoms. The first-order valence-corrected chi connectivity index (χ1v) is 11.6. The zero-order valence-electron chi connectivity index (χ0n) is 15.9. The van der Waals surface area contributed by atoms with Crippen LogP contribution in [0.5, 0.6) is 0 Å². The Labute approximate surface area is 181 Å². The van der Waals surface area contributed by atoms with Gasteiger partial charge in [0.05, 0.1) is 31.0 Å². The number of nitro benzene ring substituents is 2. The Morgan fingerprint density at radius 1 is 0.594 bits per heavy atom. The van der Waals surface area contributed by atoms with Gasteiger partial charge in [-0.1, -0.05) is 18.2 Å². The van der Waals surface area contributed by atoms with Gasteiger partial charge in [-0.3, -0.25) is 29.7 Å². The molecule has 0 aliphatic rings. The van der Waals surface area contributed by atoms with Gasteiger partial charge in [0.15, 0.2) is 0 Å². The molecule has 0 bridgehead atoms. The minimum absolute atomic E-state index is 0.0178. The molecule has 0 saturated carbocycles. The monoisotopic (exact) mass is 478 g/mol. The van der Waals surface area contributed by atoms with Crippen molar-refractivity contribution >= 4 is 42.8 Å². The summed E-state index contributed by atoms with van der Waals surface area (Å²) in [7, 11) is -8.41. The fourth-order valence-electron chi connectivity index (χ4n) is 2.60. The molecular weight excluding hydrogens is 464 g/mol. The van der Waals surface area contributed by atoms with Gasteiger partial charge in [-0.2, -0.15) is 0 Å². The molecule has 0 spiro atoms. The SMILES string of the molecule is O=[N+]([O-])c1cccc(S(=O)(=O)Nc2cccc(NS(=O)(=O)c3cccc([N+](=O)[O-])c3)c2)c1. The fraction of sp³-hybridized carbons (Fsp3) is 0. The first-order valence-electron chi connectivity index (χ1n) is 8.62. The van der Waals surface area contributed by atoms with E-state index >= 15 is 0 Å². The Kier molecular flexibility index (Phi) is 6.09. The lowest BCUT2D eigenvalue weighted by atomic mass is 10.3. The number of rotatable bonds is 8. The van der Waals surface area contributed by atoms with Crippen molar-refractivity contribution in [2.45, 2.75) is 9.79 Å². The Morgan fingerprint density at radius 2 is 0.969 bits per heavy atom. The van der Waals surface area contributed by atoms with E-state index in [1.807, 2.05) is 0 Å². The summed E-state index contributed by atoms with van der Waals surface area (Å²) in [4.78, 5) is 19.6. The summed E-state index contributed by atoms with van der Waals surface area (Å²) in [5.74, 6) is 0. The van der Waals surface area contributed by atoms with Crippen molar-refractivity contribution in [1.29, 1.82) is 0 Å². The van der Waals surface area contributed by atoms with Gasteiger partial charge < -0.3 is 0 Å². The topological polar surface area (TPSA) is 179 Å². The van der Waals surface area contributed by atoms with E-state index in [4.69, 9.17) is 0 Å². The largest absolute Gasteiger partial charge is 0.280 e. The Bertz CT molecular complexity index is 1320. The maximum atomic E-state index is 12.6. The lowest BCUT2D eigenvalue weighted by molar-refractivity contribution is -0.385. The van der Waals surface area contributed by atoms with Crippen LogP contribution in [0.15, 0.2) is 82.6 Å². The van der Waals surface area contributed by atoms with E-state index in [0.29, 0.717) is 0 Å². The van der Waals surface area contributed by atoms with Gasteiger partial charge in [-0.25, -0.2) is 16.8 Å². The van der Waals surface area contributed by atoms with Crippen molar-refractivity contribution in [3.63, 3.8) is 0 Å². The molecule has 0 unspecified atom stereocenters. The maximum absolute atomic E-state index is 12.6. The third-order valence-electron chi connectivity index (χ3n) is 4.04. The van der Waals surface area contributed by atoms with Gasteiger partial charge in [0, 0.05) is 24.3 Å². The number of nitro groups is 2. The van der Waals surface area contributed by atoms with Crippen LogP contribution in [0, 0.1) is 20.2 Å². The second-order valence-electron chi connectivity index (χ2n) is 6.30. The molecule has 0 saturated heterocycles.